The van der Waals surface area contributed by atoms with Gasteiger partial charge in [0.05, 0.1) is 12.7 Å². The molecule has 2 rings (SSSR count). The standard InChI is InChI=1S/C19H24N2O2S/c1-4-22-18-7-5-6-16(12-18)21-19(24)20-13-15-8-10-17(11-9-15)23-14(2)3/h5-12,14H,4,13H2,1-3H3,(H2,20,21,24). The monoisotopic (exact) mass is 344 g/mol. The summed E-state index contributed by atoms with van der Waals surface area (Å²) in [6.07, 6.45) is 0.179. The summed E-state index contributed by atoms with van der Waals surface area (Å²) < 4.78 is 11.1. The molecule has 2 aromatic rings. The molecule has 0 bridgehead atoms. The molecule has 128 valence electrons. The lowest BCUT2D eigenvalue weighted by atomic mass is 10.2. The maximum absolute atomic E-state index is 5.63. The first-order valence-electron chi connectivity index (χ1n) is 8.10. The van der Waals surface area contributed by atoms with Crippen LogP contribution in [-0.4, -0.2) is 17.8 Å². The zero-order chi connectivity index (χ0) is 17.4. The van der Waals surface area contributed by atoms with E-state index in [0.29, 0.717) is 18.3 Å². The molecular weight excluding hydrogens is 320 g/mol. The van der Waals surface area contributed by atoms with Gasteiger partial charge in [-0.05, 0) is 62.8 Å². The van der Waals surface area contributed by atoms with E-state index in [2.05, 4.69) is 10.6 Å². The molecule has 0 amide bonds. The van der Waals surface area contributed by atoms with Crippen LogP contribution in [0, 0.1) is 0 Å². The first-order chi connectivity index (χ1) is 11.6. The molecule has 0 spiro atoms. The zero-order valence-electron chi connectivity index (χ0n) is 14.3. The quantitative estimate of drug-likeness (QED) is 0.731. The summed E-state index contributed by atoms with van der Waals surface area (Å²) >= 11 is 5.34. The third kappa shape index (κ3) is 6.08. The van der Waals surface area contributed by atoms with Crippen LogP contribution in [0.25, 0.3) is 0 Å². The lowest BCUT2D eigenvalue weighted by Gasteiger charge is -2.13. The van der Waals surface area contributed by atoms with Gasteiger partial charge in [-0.15, -0.1) is 0 Å². The number of hydrogen-bond acceptors (Lipinski definition) is 3. The Hall–Kier alpha value is -2.27. The highest BCUT2D eigenvalue weighted by molar-refractivity contribution is 7.80. The van der Waals surface area contributed by atoms with Crippen molar-refractivity contribution in [3.8, 4) is 11.5 Å². The van der Waals surface area contributed by atoms with Gasteiger partial charge in [-0.2, -0.15) is 0 Å². The van der Waals surface area contributed by atoms with Gasteiger partial charge < -0.3 is 20.1 Å². The number of nitrogens with one attached hydrogen (secondary N) is 2. The van der Waals surface area contributed by atoms with E-state index in [1.807, 2.05) is 69.3 Å². The van der Waals surface area contributed by atoms with E-state index in [1.165, 1.54) is 0 Å². The lowest BCUT2D eigenvalue weighted by Crippen LogP contribution is -2.27. The fourth-order valence-electron chi connectivity index (χ4n) is 2.15. The minimum atomic E-state index is 0.179. The molecule has 0 radical (unpaired) electrons. The van der Waals surface area contributed by atoms with E-state index < -0.39 is 0 Å². The lowest BCUT2D eigenvalue weighted by molar-refractivity contribution is 0.242. The van der Waals surface area contributed by atoms with E-state index in [1.54, 1.807) is 0 Å². The van der Waals surface area contributed by atoms with Gasteiger partial charge in [-0.3, -0.25) is 0 Å². The average molecular weight is 344 g/mol. The normalized spacial score (nSPS) is 10.3. The second-order valence-electron chi connectivity index (χ2n) is 5.58. The molecule has 0 unspecified atom stereocenters. The Labute approximate surface area is 149 Å². The maximum Gasteiger partial charge on any atom is 0.171 e. The first kappa shape index (κ1) is 18.1. The molecule has 4 nitrogen and oxygen atoms in total. The van der Waals surface area contributed by atoms with Gasteiger partial charge in [0.15, 0.2) is 5.11 Å². The number of thiocarbonyl (C=S) groups is 1. The van der Waals surface area contributed by atoms with Gasteiger partial charge in [0.2, 0.25) is 0 Å². The molecule has 0 aliphatic rings. The van der Waals surface area contributed by atoms with Gasteiger partial charge in [0.1, 0.15) is 11.5 Å². The van der Waals surface area contributed by atoms with Gasteiger partial charge in [0.25, 0.3) is 0 Å². The molecule has 2 aromatic carbocycles. The van der Waals surface area contributed by atoms with Crippen LogP contribution in [0.3, 0.4) is 0 Å². The molecule has 2 N–H and O–H groups in total. The largest absolute Gasteiger partial charge is 0.494 e. The average Bonchev–Trinajstić information content (AvgIpc) is 2.54. The highest BCUT2D eigenvalue weighted by Gasteiger charge is 2.01. The fraction of sp³-hybridized carbons (Fsp3) is 0.316. The molecule has 0 aliphatic heterocycles. The van der Waals surface area contributed by atoms with Gasteiger partial charge >= 0.3 is 0 Å². The van der Waals surface area contributed by atoms with Gasteiger partial charge in [-0.1, -0.05) is 18.2 Å². The minimum Gasteiger partial charge on any atom is -0.494 e. The Bertz CT molecular complexity index is 657. The van der Waals surface area contributed by atoms with Crippen LogP contribution in [0.15, 0.2) is 48.5 Å². The van der Waals surface area contributed by atoms with Crippen molar-refractivity contribution in [1.29, 1.82) is 0 Å². The van der Waals surface area contributed by atoms with Crippen LogP contribution >= 0.6 is 12.2 Å². The van der Waals surface area contributed by atoms with Crippen LogP contribution in [0.5, 0.6) is 11.5 Å². The number of ether oxygens (including phenoxy) is 2. The second kappa shape index (κ2) is 9.13. The molecule has 0 heterocycles. The molecule has 5 heteroatoms. The fourth-order valence-corrected chi connectivity index (χ4v) is 2.34. The third-order valence-corrected chi connectivity index (χ3v) is 3.40. The number of anilines is 1. The summed E-state index contributed by atoms with van der Waals surface area (Å²) in [7, 11) is 0. The highest BCUT2D eigenvalue weighted by atomic mass is 32.1. The molecule has 0 saturated carbocycles. The second-order valence-corrected chi connectivity index (χ2v) is 5.99. The Morgan fingerprint density at radius 3 is 2.50 bits per heavy atom. The van der Waals surface area contributed by atoms with E-state index in [0.717, 1.165) is 22.7 Å². The number of rotatable bonds is 7. The molecule has 0 saturated heterocycles. The van der Waals surface area contributed by atoms with E-state index in [4.69, 9.17) is 21.7 Å². The highest BCUT2D eigenvalue weighted by Crippen LogP contribution is 2.17. The molecule has 0 atom stereocenters. The van der Waals surface area contributed by atoms with E-state index in [9.17, 15) is 0 Å². The summed E-state index contributed by atoms with van der Waals surface area (Å²) in [6.45, 7) is 7.28. The predicted octanol–water partition coefficient (Wildman–Crippen LogP) is 4.36. The van der Waals surface area contributed by atoms with Crippen LogP contribution in [-0.2, 0) is 6.54 Å². The van der Waals surface area contributed by atoms with Crippen molar-refractivity contribution in [2.24, 2.45) is 0 Å². The van der Waals surface area contributed by atoms with Crippen molar-refractivity contribution in [2.75, 3.05) is 11.9 Å². The third-order valence-electron chi connectivity index (χ3n) is 3.15. The van der Waals surface area contributed by atoms with E-state index >= 15 is 0 Å². The van der Waals surface area contributed by atoms with Crippen LogP contribution in [0.1, 0.15) is 26.3 Å². The molecule has 0 fully saturated rings. The van der Waals surface area contributed by atoms with Crippen molar-refractivity contribution >= 4 is 23.0 Å². The number of hydrogen-bond donors (Lipinski definition) is 2. The van der Waals surface area contributed by atoms with Crippen LogP contribution < -0.4 is 20.1 Å². The van der Waals surface area contributed by atoms with Crippen molar-refractivity contribution in [3.63, 3.8) is 0 Å². The SMILES string of the molecule is CCOc1cccc(NC(=S)NCc2ccc(OC(C)C)cc2)c1. The van der Waals surface area contributed by atoms with Crippen molar-refractivity contribution in [1.82, 2.24) is 5.32 Å². The Kier molecular flexibility index (Phi) is 6.88. The van der Waals surface area contributed by atoms with Crippen molar-refractivity contribution in [2.45, 2.75) is 33.4 Å². The topological polar surface area (TPSA) is 42.5 Å². The van der Waals surface area contributed by atoms with Crippen LogP contribution in [0.4, 0.5) is 5.69 Å². The van der Waals surface area contributed by atoms with E-state index in [-0.39, 0.29) is 6.10 Å². The minimum absolute atomic E-state index is 0.179. The summed E-state index contributed by atoms with van der Waals surface area (Å²) in [4.78, 5) is 0. The molecular formula is C19H24N2O2S. The van der Waals surface area contributed by atoms with Gasteiger partial charge in [-0.25, -0.2) is 0 Å². The Morgan fingerprint density at radius 2 is 1.83 bits per heavy atom. The number of benzene rings is 2. The smallest absolute Gasteiger partial charge is 0.171 e. The first-order valence-corrected chi connectivity index (χ1v) is 8.51. The molecule has 0 aromatic heterocycles. The Balaban J connectivity index is 1.83. The van der Waals surface area contributed by atoms with Crippen molar-refractivity contribution < 1.29 is 9.47 Å². The van der Waals surface area contributed by atoms with Crippen molar-refractivity contribution in [3.05, 3.63) is 54.1 Å². The Morgan fingerprint density at radius 1 is 1.08 bits per heavy atom. The molecule has 0 aliphatic carbocycles. The maximum atomic E-state index is 5.63. The summed E-state index contributed by atoms with van der Waals surface area (Å²) in [5.74, 6) is 1.70. The van der Waals surface area contributed by atoms with Gasteiger partial charge in [0, 0.05) is 18.3 Å². The summed E-state index contributed by atoms with van der Waals surface area (Å²) in [6, 6.07) is 15.7. The summed E-state index contributed by atoms with van der Waals surface area (Å²) in [5.41, 5.74) is 2.04. The molecule has 24 heavy (non-hydrogen) atoms. The summed E-state index contributed by atoms with van der Waals surface area (Å²) in [5, 5.41) is 6.94. The van der Waals surface area contributed by atoms with Crippen LogP contribution in [0.2, 0.25) is 0 Å². The zero-order valence-corrected chi connectivity index (χ0v) is 15.2. The predicted molar refractivity (Wildman–Crippen MR) is 103 cm³/mol.